The van der Waals surface area contributed by atoms with Crippen LogP contribution in [0.25, 0.3) is 0 Å². The number of methoxy groups -OCH3 is 1. The quantitative estimate of drug-likeness (QED) is 0.512. The molecule has 0 saturated carbocycles. The third-order valence-electron chi connectivity index (χ3n) is 1.66. The molecule has 5 nitrogen and oxygen atoms in total. The van der Waals surface area contributed by atoms with Gasteiger partial charge in [-0.25, -0.2) is 0 Å². The summed E-state index contributed by atoms with van der Waals surface area (Å²) in [6, 6.07) is -0.668. The number of carbonyl (C=O) groups excluding carboxylic acids is 2. The Kier molecular flexibility index (Phi) is 7.27. The summed E-state index contributed by atoms with van der Waals surface area (Å²) in [6.07, 6.45) is 3.82. The maximum absolute atomic E-state index is 11.1. The van der Waals surface area contributed by atoms with Gasteiger partial charge >= 0.3 is 11.9 Å². The standard InChI is InChI=1S/C10H17NO4/c1-3-15-10(13)8(11)6-4-5-7-9(12)14-2/h4-5,8H,3,6-7,11H2,1-2H3/b5-4+. The van der Waals surface area contributed by atoms with E-state index < -0.39 is 12.0 Å². The van der Waals surface area contributed by atoms with E-state index in [1.54, 1.807) is 19.1 Å². The van der Waals surface area contributed by atoms with Gasteiger partial charge in [-0.2, -0.15) is 0 Å². The van der Waals surface area contributed by atoms with Gasteiger partial charge in [0.1, 0.15) is 6.04 Å². The Morgan fingerprint density at radius 3 is 2.60 bits per heavy atom. The molecule has 0 aromatic rings. The molecule has 0 radical (unpaired) electrons. The minimum atomic E-state index is -0.668. The van der Waals surface area contributed by atoms with E-state index in [0.717, 1.165) is 0 Å². The highest BCUT2D eigenvalue weighted by molar-refractivity contribution is 5.75. The van der Waals surface area contributed by atoms with Crippen molar-refractivity contribution in [3.05, 3.63) is 12.2 Å². The second-order valence-electron chi connectivity index (χ2n) is 2.85. The van der Waals surface area contributed by atoms with Crippen molar-refractivity contribution in [1.82, 2.24) is 0 Å². The zero-order chi connectivity index (χ0) is 11.7. The molecule has 0 heterocycles. The van der Waals surface area contributed by atoms with E-state index >= 15 is 0 Å². The maximum Gasteiger partial charge on any atom is 0.323 e. The predicted molar refractivity (Wildman–Crippen MR) is 55.0 cm³/mol. The Morgan fingerprint density at radius 1 is 1.40 bits per heavy atom. The van der Waals surface area contributed by atoms with E-state index in [2.05, 4.69) is 4.74 Å². The van der Waals surface area contributed by atoms with Gasteiger partial charge in [-0.15, -0.1) is 0 Å². The van der Waals surface area contributed by atoms with E-state index in [1.165, 1.54) is 7.11 Å². The van der Waals surface area contributed by atoms with Gasteiger partial charge in [0, 0.05) is 0 Å². The first-order valence-corrected chi connectivity index (χ1v) is 4.75. The Bertz CT molecular complexity index is 238. The number of esters is 2. The third kappa shape index (κ3) is 6.68. The van der Waals surface area contributed by atoms with Crippen LogP contribution in [0.4, 0.5) is 0 Å². The van der Waals surface area contributed by atoms with Crippen molar-refractivity contribution in [2.75, 3.05) is 13.7 Å². The normalized spacial score (nSPS) is 12.5. The molecule has 0 bridgehead atoms. The molecule has 1 unspecified atom stereocenters. The molecule has 15 heavy (non-hydrogen) atoms. The van der Waals surface area contributed by atoms with Crippen LogP contribution in [-0.4, -0.2) is 31.7 Å². The molecule has 2 N–H and O–H groups in total. The van der Waals surface area contributed by atoms with Gasteiger partial charge in [0.25, 0.3) is 0 Å². The molecular formula is C10H17NO4. The Morgan fingerprint density at radius 2 is 2.07 bits per heavy atom. The van der Waals surface area contributed by atoms with Crippen LogP contribution < -0.4 is 5.73 Å². The second-order valence-corrected chi connectivity index (χ2v) is 2.85. The first-order valence-electron chi connectivity index (χ1n) is 4.75. The largest absolute Gasteiger partial charge is 0.469 e. The fourth-order valence-electron chi connectivity index (χ4n) is 0.851. The minimum absolute atomic E-state index is 0.187. The van der Waals surface area contributed by atoms with Crippen LogP contribution in [0, 0.1) is 0 Å². The smallest absolute Gasteiger partial charge is 0.323 e. The summed E-state index contributed by atoms with van der Waals surface area (Å²) in [5, 5.41) is 0. The van der Waals surface area contributed by atoms with Crippen LogP contribution >= 0.6 is 0 Å². The number of nitrogens with two attached hydrogens (primary N) is 1. The maximum atomic E-state index is 11.1. The highest BCUT2D eigenvalue weighted by Crippen LogP contribution is 1.96. The first-order chi connectivity index (χ1) is 7.11. The van der Waals surface area contributed by atoms with Crippen molar-refractivity contribution in [2.24, 2.45) is 5.73 Å². The fraction of sp³-hybridized carbons (Fsp3) is 0.600. The average Bonchev–Trinajstić information content (AvgIpc) is 2.23. The monoisotopic (exact) mass is 215 g/mol. The zero-order valence-electron chi connectivity index (χ0n) is 9.06. The predicted octanol–water partition coefficient (Wildman–Crippen LogP) is 0.386. The highest BCUT2D eigenvalue weighted by atomic mass is 16.5. The SMILES string of the molecule is CCOC(=O)C(N)C/C=C/CC(=O)OC. The third-order valence-corrected chi connectivity index (χ3v) is 1.66. The fourth-order valence-corrected chi connectivity index (χ4v) is 0.851. The molecule has 86 valence electrons. The van der Waals surface area contributed by atoms with Crippen LogP contribution in [0.1, 0.15) is 19.8 Å². The van der Waals surface area contributed by atoms with Crippen molar-refractivity contribution >= 4 is 11.9 Å². The molecule has 0 aliphatic rings. The van der Waals surface area contributed by atoms with Crippen molar-refractivity contribution in [3.63, 3.8) is 0 Å². The van der Waals surface area contributed by atoms with Gasteiger partial charge in [-0.3, -0.25) is 9.59 Å². The van der Waals surface area contributed by atoms with E-state index in [-0.39, 0.29) is 12.4 Å². The van der Waals surface area contributed by atoms with Gasteiger partial charge in [0.15, 0.2) is 0 Å². The summed E-state index contributed by atoms with van der Waals surface area (Å²) in [7, 11) is 1.32. The number of rotatable bonds is 6. The summed E-state index contributed by atoms with van der Waals surface area (Å²) in [5.41, 5.74) is 5.51. The van der Waals surface area contributed by atoms with Crippen LogP contribution in [0.2, 0.25) is 0 Å². The van der Waals surface area contributed by atoms with Crippen LogP contribution in [-0.2, 0) is 19.1 Å². The lowest BCUT2D eigenvalue weighted by atomic mass is 10.2. The molecule has 0 aliphatic carbocycles. The molecule has 1 atom stereocenters. The van der Waals surface area contributed by atoms with Crippen LogP contribution in [0.3, 0.4) is 0 Å². The molecule has 0 aromatic carbocycles. The summed E-state index contributed by atoms with van der Waals surface area (Å²) in [5.74, 6) is -0.754. The lowest BCUT2D eigenvalue weighted by Gasteiger charge is -2.07. The topological polar surface area (TPSA) is 78.6 Å². The molecule has 0 fully saturated rings. The summed E-state index contributed by atoms with van der Waals surface area (Å²) in [4.78, 5) is 21.8. The first kappa shape index (κ1) is 13.6. The highest BCUT2D eigenvalue weighted by Gasteiger charge is 2.11. The summed E-state index contributed by atoms with van der Waals surface area (Å²) in [6.45, 7) is 2.04. The average molecular weight is 215 g/mol. The van der Waals surface area contributed by atoms with E-state index in [0.29, 0.717) is 13.0 Å². The minimum Gasteiger partial charge on any atom is -0.469 e. The Labute approximate surface area is 89.2 Å². The molecule has 0 aliphatic heterocycles. The van der Waals surface area contributed by atoms with Crippen molar-refractivity contribution in [3.8, 4) is 0 Å². The lowest BCUT2D eigenvalue weighted by Crippen LogP contribution is -2.31. The number of hydrogen-bond donors (Lipinski definition) is 1. The molecule has 0 rings (SSSR count). The van der Waals surface area contributed by atoms with E-state index in [9.17, 15) is 9.59 Å². The Balaban J connectivity index is 3.74. The second kappa shape index (κ2) is 7.99. The van der Waals surface area contributed by atoms with E-state index in [4.69, 9.17) is 10.5 Å². The van der Waals surface area contributed by atoms with Crippen LogP contribution in [0.5, 0.6) is 0 Å². The Hall–Kier alpha value is -1.36. The number of ether oxygens (including phenoxy) is 2. The van der Waals surface area contributed by atoms with Crippen LogP contribution in [0.15, 0.2) is 12.2 Å². The number of hydrogen-bond acceptors (Lipinski definition) is 5. The molecular weight excluding hydrogens is 198 g/mol. The molecule has 0 aromatic heterocycles. The van der Waals surface area contributed by atoms with Gasteiger partial charge in [0.05, 0.1) is 20.1 Å². The summed E-state index contributed by atoms with van der Waals surface area (Å²) >= 11 is 0. The van der Waals surface area contributed by atoms with Crippen molar-refractivity contribution in [1.29, 1.82) is 0 Å². The molecule has 0 amide bonds. The summed E-state index contributed by atoms with van der Waals surface area (Å²) < 4.78 is 9.14. The van der Waals surface area contributed by atoms with Crippen molar-refractivity contribution < 1.29 is 19.1 Å². The lowest BCUT2D eigenvalue weighted by molar-refractivity contribution is -0.144. The van der Waals surface area contributed by atoms with Gasteiger partial charge in [-0.1, -0.05) is 12.2 Å². The van der Waals surface area contributed by atoms with Gasteiger partial charge in [0.2, 0.25) is 0 Å². The van der Waals surface area contributed by atoms with Gasteiger partial charge < -0.3 is 15.2 Å². The molecule has 0 saturated heterocycles. The molecule has 5 heteroatoms. The zero-order valence-corrected chi connectivity index (χ0v) is 9.06. The van der Waals surface area contributed by atoms with Gasteiger partial charge in [-0.05, 0) is 13.3 Å². The number of carbonyl (C=O) groups is 2. The van der Waals surface area contributed by atoms with E-state index in [1.807, 2.05) is 0 Å². The molecule has 0 spiro atoms. The van der Waals surface area contributed by atoms with Crippen molar-refractivity contribution in [2.45, 2.75) is 25.8 Å².